The Hall–Kier alpha value is 0.170. The molecule has 0 aromatic heterocycles. The fourth-order valence-corrected chi connectivity index (χ4v) is 2.30. The third kappa shape index (κ3) is 5.48. The van der Waals surface area contributed by atoms with Crippen molar-refractivity contribution in [1.29, 1.82) is 0 Å². The van der Waals surface area contributed by atoms with Gasteiger partial charge in [-0.05, 0) is 20.0 Å². The summed E-state index contributed by atoms with van der Waals surface area (Å²) in [4.78, 5) is 4.77. The van der Waals surface area contributed by atoms with E-state index in [0.29, 0.717) is 12.0 Å². The Labute approximate surface area is 105 Å². The first-order valence-electron chi connectivity index (χ1n) is 6.34. The largest absolute Gasteiger partial charge is 0.374 e. The summed E-state index contributed by atoms with van der Waals surface area (Å²) in [5, 5.41) is 0. The molecular weight excluding hydrogens is 224 g/mol. The standard InChI is InChI=1S/C12H25ClN2O/c1-3-4-6-15(7-5-13)11-12-10-14(2)8-9-16-12/h12H,3-11H2,1-2H3. The molecule has 1 aliphatic rings. The van der Waals surface area contributed by atoms with Crippen molar-refractivity contribution in [3.63, 3.8) is 0 Å². The van der Waals surface area contributed by atoms with E-state index < -0.39 is 0 Å². The smallest absolute Gasteiger partial charge is 0.0829 e. The first kappa shape index (κ1) is 14.2. The third-order valence-electron chi connectivity index (χ3n) is 3.03. The minimum atomic E-state index is 0.360. The molecule has 0 amide bonds. The zero-order valence-corrected chi connectivity index (χ0v) is 11.4. The predicted molar refractivity (Wildman–Crippen MR) is 69.3 cm³/mol. The van der Waals surface area contributed by atoms with Crippen molar-refractivity contribution in [3.05, 3.63) is 0 Å². The number of rotatable bonds is 7. The molecule has 1 fully saturated rings. The zero-order valence-electron chi connectivity index (χ0n) is 10.6. The predicted octanol–water partition coefficient (Wildman–Crippen LogP) is 1.66. The molecule has 0 saturated carbocycles. The summed E-state index contributed by atoms with van der Waals surface area (Å²) < 4.78 is 5.78. The Balaban J connectivity index is 2.28. The van der Waals surface area contributed by atoms with E-state index in [1.807, 2.05) is 0 Å². The number of hydrogen-bond acceptors (Lipinski definition) is 3. The number of hydrogen-bond donors (Lipinski definition) is 0. The van der Waals surface area contributed by atoms with Crippen molar-refractivity contribution in [3.8, 4) is 0 Å². The van der Waals surface area contributed by atoms with Crippen LogP contribution < -0.4 is 0 Å². The molecule has 1 aliphatic heterocycles. The van der Waals surface area contributed by atoms with Gasteiger partial charge in [0.05, 0.1) is 12.7 Å². The Bertz CT molecular complexity index is 180. The number of unbranched alkanes of at least 4 members (excludes halogenated alkanes) is 1. The fraction of sp³-hybridized carbons (Fsp3) is 1.00. The van der Waals surface area contributed by atoms with Crippen LogP contribution in [0, 0.1) is 0 Å². The van der Waals surface area contributed by atoms with E-state index in [4.69, 9.17) is 16.3 Å². The van der Waals surface area contributed by atoms with Crippen LogP contribution in [0.1, 0.15) is 19.8 Å². The maximum Gasteiger partial charge on any atom is 0.0829 e. The Morgan fingerprint density at radius 3 is 2.88 bits per heavy atom. The highest BCUT2D eigenvalue weighted by atomic mass is 35.5. The van der Waals surface area contributed by atoms with Gasteiger partial charge in [0, 0.05) is 32.1 Å². The molecule has 0 radical (unpaired) electrons. The summed E-state index contributed by atoms with van der Waals surface area (Å²) in [5.74, 6) is 0.715. The SMILES string of the molecule is CCCCN(CCCl)CC1CN(C)CCO1. The molecule has 0 aromatic rings. The molecule has 0 spiro atoms. The van der Waals surface area contributed by atoms with Crippen LogP contribution in [0.4, 0.5) is 0 Å². The quantitative estimate of drug-likeness (QED) is 0.638. The second-order valence-corrected chi connectivity index (χ2v) is 4.98. The minimum absolute atomic E-state index is 0.360. The molecular formula is C12H25ClN2O. The molecule has 1 rings (SSSR count). The number of morpholine rings is 1. The summed E-state index contributed by atoms with van der Waals surface area (Å²) in [7, 11) is 2.16. The topological polar surface area (TPSA) is 15.7 Å². The summed E-state index contributed by atoms with van der Waals surface area (Å²) in [6.45, 7) is 8.34. The van der Waals surface area contributed by atoms with E-state index in [2.05, 4.69) is 23.8 Å². The van der Waals surface area contributed by atoms with Gasteiger partial charge in [-0.15, -0.1) is 11.6 Å². The maximum atomic E-state index is 5.83. The molecule has 1 atom stereocenters. The normalized spacial score (nSPS) is 22.9. The monoisotopic (exact) mass is 248 g/mol. The highest BCUT2D eigenvalue weighted by Crippen LogP contribution is 2.06. The molecule has 0 aromatic carbocycles. The third-order valence-corrected chi connectivity index (χ3v) is 3.20. The van der Waals surface area contributed by atoms with Crippen LogP contribution in [0.3, 0.4) is 0 Å². The Morgan fingerprint density at radius 1 is 1.44 bits per heavy atom. The van der Waals surface area contributed by atoms with Crippen molar-refractivity contribution < 1.29 is 4.74 Å². The zero-order chi connectivity index (χ0) is 11.8. The molecule has 4 heteroatoms. The van der Waals surface area contributed by atoms with Crippen LogP contribution in [0.2, 0.25) is 0 Å². The van der Waals surface area contributed by atoms with Gasteiger partial charge in [-0.25, -0.2) is 0 Å². The number of halogens is 1. The lowest BCUT2D eigenvalue weighted by atomic mass is 10.2. The van der Waals surface area contributed by atoms with E-state index >= 15 is 0 Å². The molecule has 1 saturated heterocycles. The number of nitrogens with zero attached hydrogens (tertiary/aromatic N) is 2. The van der Waals surface area contributed by atoms with Crippen molar-refractivity contribution in [1.82, 2.24) is 9.80 Å². The number of ether oxygens (including phenoxy) is 1. The van der Waals surface area contributed by atoms with E-state index in [0.717, 1.165) is 39.3 Å². The molecule has 1 heterocycles. The summed E-state index contributed by atoms with van der Waals surface area (Å²) in [6.07, 6.45) is 2.85. The van der Waals surface area contributed by atoms with Gasteiger partial charge in [-0.3, -0.25) is 4.90 Å². The highest BCUT2D eigenvalue weighted by molar-refractivity contribution is 6.18. The minimum Gasteiger partial charge on any atom is -0.374 e. The first-order chi connectivity index (χ1) is 7.76. The van der Waals surface area contributed by atoms with Crippen LogP contribution in [-0.2, 0) is 4.74 Å². The van der Waals surface area contributed by atoms with Gasteiger partial charge < -0.3 is 9.64 Å². The average molecular weight is 249 g/mol. The molecule has 0 bridgehead atoms. The van der Waals surface area contributed by atoms with Crippen molar-refractivity contribution in [2.24, 2.45) is 0 Å². The van der Waals surface area contributed by atoms with Gasteiger partial charge >= 0.3 is 0 Å². The van der Waals surface area contributed by atoms with Crippen molar-refractivity contribution >= 4 is 11.6 Å². The van der Waals surface area contributed by atoms with E-state index in [-0.39, 0.29) is 0 Å². The van der Waals surface area contributed by atoms with Crippen molar-refractivity contribution in [2.45, 2.75) is 25.9 Å². The van der Waals surface area contributed by atoms with Crippen LogP contribution in [0.25, 0.3) is 0 Å². The van der Waals surface area contributed by atoms with Gasteiger partial charge in [-0.2, -0.15) is 0 Å². The average Bonchev–Trinajstić information content (AvgIpc) is 2.26. The molecule has 1 unspecified atom stereocenters. The van der Waals surface area contributed by atoms with Crippen molar-refractivity contribution in [2.75, 3.05) is 52.3 Å². The Morgan fingerprint density at radius 2 is 2.25 bits per heavy atom. The van der Waals surface area contributed by atoms with Gasteiger partial charge in [0.1, 0.15) is 0 Å². The first-order valence-corrected chi connectivity index (χ1v) is 6.88. The fourth-order valence-electron chi connectivity index (χ4n) is 2.06. The van der Waals surface area contributed by atoms with Gasteiger partial charge in [0.15, 0.2) is 0 Å². The molecule has 16 heavy (non-hydrogen) atoms. The maximum absolute atomic E-state index is 5.83. The highest BCUT2D eigenvalue weighted by Gasteiger charge is 2.20. The lowest BCUT2D eigenvalue weighted by Crippen LogP contribution is -2.46. The molecule has 0 N–H and O–H groups in total. The van der Waals surface area contributed by atoms with Gasteiger partial charge in [0.2, 0.25) is 0 Å². The number of likely N-dealkylation sites (N-methyl/N-ethyl adjacent to an activating group) is 1. The van der Waals surface area contributed by atoms with Crippen LogP contribution >= 0.6 is 11.6 Å². The Kier molecular flexibility index (Phi) is 7.37. The van der Waals surface area contributed by atoms with Crippen LogP contribution in [-0.4, -0.2) is 68.2 Å². The summed E-state index contributed by atoms with van der Waals surface area (Å²) >= 11 is 5.83. The van der Waals surface area contributed by atoms with E-state index in [1.165, 1.54) is 12.8 Å². The summed E-state index contributed by atoms with van der Waals surface area (Å²) in [6, 6.07) is 0. The lowest BCUT2D eigenvalue weighted by Gasteiger charge is -2.33. The molecule has 3 nitrogen and oxygen atoms in total. The second-order valence-electron chi connectivity index (χ2n) is 4.60. The van der Waals surface area contributed by atoms with Crippen LogP contribution in [0.5, 0.6) is 0 Å². The van der Waals surface area contributed by atoms with Gasteiger partial charge in [-0.1, -0.05) is 13.3 Å². The molecule has 0 aliphatic carbocycles. The van der Waals surface area contributed by atoms with Gasteiger partial charge in [0.25, 0.3) is 0 Å². The number of alkyl halides is 1. The second kappa shape index (κ2) is 8.29. The molecule has 96 valence electrons. The van der Waals surface area contributed by atoms with Crippen LogP contribution in [0.15, 0.2) is 0 Å². The lowest BCUT2D eigenvalue weighted by molar-refractivity contribution is -0.0350. The summed E-state index contributed by atoms with van der Waals surface area (Å²) in [5.41, 5.74) is 0. The van der Waals surface area contributed by atoms with E-state index in [1.54, 1.807) is 0 Å². The van der Waals surface area contributed by atoms with E-state index in [9.17, 15) is 0 Å².